The molecule has 0 atom stereocenters. The molecule has 0 bridgehead atoms. The van der Waals surface area contributed by atoms with Crippen LogP contribution < -0.4 is 0 Å². The van der Waals surface area contributed by atoms with Gasteiger partial charge in [-0.05, 0) is 33.7 Å². The van der Waals surface area contributed by atoms with Crippen molar-refractivity contribution >= 4 is 54.1 Å². The molecular formula is C22H12N2. The van der Waals surface area contributed by atoms with Crippen molar-refractivity contribution in [1.82, 2.24) is 10.2 Å². The zero-order valence-corrected chi connectivity index (χ0v) is 12.8. The molecule has 2 nitrogen and oxygen atoms in total. The molecule has 5 aromatic carbocycles. The van der Waals surface area contributed by atoms with Crippen LogP contribution in [0, 0.1) is 0 Å². The van der Waals surface area contributed by atoms with Gasteiger partial charge in [0, 0.05) is 21.5 Å². The Hall–Kier alpha value is -3.26. The van der Waals surface area contributed by atoms with Crippen molar-refractivity contribution in [3.63, 3.8) is 0 Å². The first-order chi connectivity index (χ1) is 11.9. The molecule has 0 unspecified atom stereocenters. The third-order valence-electron chi connectivity index (χ3n) is 5.05. The van der Waals surface area contributed by atoms with Crippen molar-refractivity contribution in [2.24, 2.45) is 0 Å². The molecule has 0 aliphatic carbocycles. The van der Waals surface area contributed by atoms with E-state index in [9.17, 15) is 0 Å². The molecule has 0 saturated heterocycles. The lowest BCUT2D eigenvalue weighted by molar-refractivity contribution is 1.13. The Morgan fingerprint density at radius 2 is 0.917 bits per heavy atom. The van der Waals surface area contributed by atoms with E-state index in [1.54, 1.807) is 0 Å². The summed E-state index contributed by atoms with van der Waals surface area (Å²) in [4.78, 5) is 0. The molecule has 0 aliphatic heterocycles. The Kier molecular flexibility index (Phi) is 2.12. The van der Waals surface area contributed by atoms with Gasteiger partial charge in [-0.1, -0.05) is 60.7 Å². The van der Waals surface area contributed by atoms with E-state index in [-0.39, 0.29) is 0 Å². The van der Waals surface area contributed by atoms with E-state index in [0.29, 0.717) is 0 Å². The summed E-state index contributed by atoms with van der Waals surface area (Å²) < 4.78 is 0. The first-order valence-electron chi connectivity index (χ1n) is 8.12. The van der Waals surface area contributed by atoms with Gasteiger partial charge in [0.15, 0.2) is 0 Å². The van der Waals surface area contributed by atoms with Crippen molar-refractivity contribution in [3.05, 3.63) is 72.8 Å². The lowest BCUT2D eigenvalue weighted by Gasteiger charge is -2.13. The average Bonchev–Trinajstić information content (AvgIpc) is 2.65. The van der Waals surface area contributed by atoms with Crippen LogP contribution in [0.1, 0.15) is 0 Å². The summed E-state index contributed by atoms with van der Waals surface area (Å²) in [6.07, 6.45) is 0. The second-order valence-electron chi connectivity index (χ2n) is 6.35. The Bertz CT molecular complexity index is 1290. The van der Waals surface area contributed by atoms with Crippen LogP contribution in [0.4, 0.5) is 0 Å². The summed E-state index contributed by atoms with van der Waals surface area (Å²) in [5, 5.41) is 18.9. The smallest absolute Gasteiger partial charge is 0.102 e. The number of hydrogen-bond donors (Lipinski definition) is 0. The van der Waals surface area contributed by atoms with E-state index in [1.807, 2.05) is 0 Å². The monoisotopic (exact) mass is 304 g/mol. The molecular weight excluding hydrogens is 292 g/mol. The molecule has 1 heterocycles. The zero-order valence-electron chi connectivity index (χ0n) is 12.8. The fraction of sp³-hybridized carbons (Fsp3) is 0. The summed E-state index contributed by atoms with van der Waals surface area (Å²) >= 11 is 0. The van der Waals surface area contributed by atoms with Crippen LogP contribution in [-0.2, 0) is 0 Å². The Labute approximate surface area is 137 Å². The maximum atomic E-state index is 4.64. The van der Waals surface area contributed by atoms with E-state index in [0.717, 1.165) is 11.0 Å². The van der Waals surface area contributed by atoms with E-state index < -0.39 is 0 Å². The van der Waals surface area contributed by atoms with Gasteiger partial charge in [0.1, 0.15) is 11.0 Å². The minimum absolute atomic E-state index is 0.997. The summed E-state index contributed by atoms with van der Waals surface area (Å²) in [7, 11) is 0. The van der Waals surface area contributed by atoms with Crippen LogP contribution in [0.3, 0.4) is 0 Å². The number of aromatic nitrogens is 2. The van der Waals surface area contributed by atoms with E-state index in [2.05, 4.69) is 83.0 Å². The Morgan fingerprint density at radius 3 is 1.42 bits per heavy atom. The normalized spacial score (nSPS) is 12.2. The standard InChI is InChI=1S/C22H12N2/c1-3-7-17-13(5-1)11-15-9-10-16-12-14-6-2-4-8-18(14)22-20(16)19(15)21(17)23-24-22/h1-12H. The van der Waals surface area contributed by atoms with Crippen molar-refractivity contribution in [1.29, 1.82) is 0 Å². The minimum atomic E-state index is 0.997. The minimum Gasteiger partial charge on any atom is -0.149 e. The number of fused-ring (bicyclic) bond motifs is 4. The summed E-state index contributed by atoms with van der Waals surface area (Å²) in [5.74, 6) is 0. The highest BCUT2D eigenvalue weighted by Crippen LogP contribution is 2.38. The van der Waals surface area contributed by atoms with E-state index >= 15 is 0 Å². The molecule has 110 valence electrons. The molecule has 6 rings (SSSR count). The molecule has 0 fully saturated rings. The molecule has 0 saturated carbocycles. The highest BCUT2D eigenvalue weighted by molar-refractivity contribution is 6.30. The largest absolute Gasteiger partial charge is 0.149 e. The fourth-order valence-electron chi connectivity index (χ4n) is 3.97. The maximum Gasteiger partial charge on any atom is 0.102 e. The summed E-state index contributed by atoms with van der Waals surface area (Å²) in [6, 6.07) is 25.7. The number of hydrogen-bond acceptors (Lipinski definition) is 2. The predicted molar refractivity (Wildman–Crippen MR) is 101 cm³/mol. The second-order valence-corrected chi connectivity index (χ2v) is 6.35. The highest BCUT2D eigenvalue weighted by atomic mass is 15.1. The number of rotatable bonds is 0. The molecule has 24 heavy (non-hydrogen) atoms. The van der Waals surface area contributed by atoms with Gasteiger partial charge in [0.2, 0.25) is 0 Å². The van der Waals surface area contributed by atoms with Gasteiger partial charge >= 0.3 is 0 Å². The van der Waals surface area contributed by atoms with Gasteiger partial charge in [0.25, 0.3) is 0 Å². The van der Waals surface area contributed by atoms with Gasteiger partial charge < -0.3 is 0 Å². The van der Waals surface area contributed by atoms with Crippen LogP contribution >= 0.6 is 0 Å². The molecule has 2 heteroatoms. The topological polar surface area (TPSA) is 25.8 Å². The predicted octanol–water partition coefficient (Wildman–Crippen LogP) is 5.68. The van der Waals surface area contributed by atoms with E-state index in [4.69, 9.17) is 0 Å². The van der Waals surface area contributed by atoms with Crippen molar-refractivity contribution in [3.8, 4) is 0 Å². The van der Waals surface area contributed by atoms with Crippen molar-refractivity contribution in [2.45, 2.75) is 0 Å². The highest BCUT2D eigenvalue weighted by Gasteiger charge is 2.14. The lowest BCUT2D eigenvalue weighted by atomic mass is 9.93. The van der Waals surface area contributed by atoms with Crippen LogP contribution in [0.15, 0.2) is 72.8 Å². The second kappa shape index (κ2) is 4.18. The lowest BCUT2D eigenvalue weighted by Crippen LogP contribution is -1.93. The SMILES string of the molecule is c1ccc2c(c1)cc1ccc3cc4ccccc4c4nnc2c1c34. The fourth-order valence-corrected chi connectivity index (χ4v) is 3.97. The Balaban J connectivity index is 2.00. The maximum absolute atomic E-state index is 4.64. The van der Waals surface area contributed by atoms with Gasteiger partial charge in [-0.3, -0.25) is 0 Å². The third kappa shape index (κ3) is 1.41. The van der Waals surface area contributed by atoms with Crippen molar-refractivity contribution in [2.75, 3.05) is 0 Å². The van der Waals surface area contributed by atoms with Crippen molar-refractivity contribution < 1.29 is 0 Å². The van der Waals surface area contributed by atoms with Crippen LogP contribution in [0.2, 0.25) is 0 Å². The van der Waals surface area contributed by atoms with Gasteiger partial charge in [-0.2, -0.15) is 0 Å². The molecule has 0 N–H and O–H groups in total. The zero-order chi connectivity index (χ0) is 15.7. The molecule has 0 aliphatic rings. The van der Waals surface area contributed by atoms with Crippen LogP contribution in [-0.4, -0.2) is 10.2 Å². The van der Waals surface area contributed by atoms with Crippen LogP contribution in [0.5, 0.6) is 0 Å². The van der Waals surface area contributed by atoms with Gasteiger partial charge in [-0.25, -0.2) is 0 Å². The van der Waals surface area contributed by atoms with Gasteiger partial charge in [-0.15, -0.1) is 10.2 Å². The summed E-state index contributed by atoms with van der Waals surface area (Å²) in [6.45, 7) is 0. The molecule has 0 radical (unpaired) electrons. The van der Waals surface area contributed by atoms with Crippen LogP contribution in [0.25, 0.3) is 54.1 Å². The van der Waals surface area contributed by atoms with Gasteiger partial charge in [0.05, 0.1) is 0 Å². The third-order valence-corrected chi connectivity index (χ3v) is 5.05. The molecule has 6 aromatic rings. The number of nitrogens with zero attached hydrogens (tertiary/aromatic N) is 2. The summed E-state index contributed by atoms with van der Waals surface area (Å²) in [5.41, 5.74) is 1.99. The quantitative estimate of drug-likeness (QED) is 0.266. The molecule has 0 spiro atoms. The first kappa shape index (κ1) is 12.2. The number of benzene rings is 5. The first-order valence-corrected chi connectivity index (χ1v) is 8.12. The molecule has 1 aromatic heterocycles. The average molecular weight is 304 g/mol. The Morgan fingerprint density at radius 1 is 0.458 bits per heavy atom. The molecule has 0 amide bonds. The van der Waals surface area contributed by atoms with E-state index in [1.165, 1.54) is 43.1 Å².